The highest BCUT2D eigenvalue weighted by atomic mass is 127. The van der Waals surface area contributed by atoms with Crippen LogP contribution in [0.3, 0.4) is 0 Å². The number of thioether (sulfide) groups is 1. The Hall–Kier alpha value is -0.430. The van der Waals surface area contributed by atoms with E-state index in [4.69, 9.17) is 0 Å². The van der Waals surface area contributed by atoms with E-state index in [1.807, 2.05) is 14.1 Å². The second-order valence-corrected chi connectivity index (χ2v) is 4.66. The van der Waals surface area contributed by atoms with Crippen LogP contribution in [-0.2, 0) is 6.54 Å². The number of halogens is 1. The maximum Gasteiger partial charge on any atom is 0.193 e. The maximum atomic E-state index is 4.23. The van der Waals surface area contributed by atoms with Crippen LogP contribution in [0.4, 0.5) is 0 Å². The molecule has 0 spiro atoms. The zero-order valence-electron chi connectivity index (χ0n) is 11.4. The lowest BCUT2D eigenvalue weighted by Crippen LogP contribution is -2.38. The molecule has 0 aromatic heterocycles. The minimum atomic E-state index is 0. The molecule has 0 aliphatic heterocycles. The highest BCUT2D eigenvalue weighted by Crippen LogP contribution is 2.15. The van der Waals surface area contributed by atoms with Gasteiger partial charge in [-0.05, 0) is 30.9 Å². The Bertz CT molecular complexity index is 365. The summed E-state index contributed by atoms with van der Waals surface area (Å²) in [5.41, 5.74) is 1.30. The molecule has 5 heteroatoms. The van der Waals surface area contributed by atoms with Gasteiger partial charge in [-0.1, -0.05) is 12.1 Å². The highest BCUT2D eigenvalue weighted by Gasteiger charge is 2.04. The second-order valence-electron chi connectivity index (χ2n) is 3.78. The smallest absolute Gasteiger partial charge is 0.193 e. The standard InChI is InChI=1S/C13H21N3S.HI/c1-5-15-13(14-2)16(3)10-11-6-8-12(17-4)9-7-11;/h6-9H,5,10H2,1-4H3,(H,14,15);1H. The molecule has 1 rings (SSSR count). The van der Waals surface area contributed by atoms with Crippen molar-refractivity contribution in [3.05, 3.63) is 29.8 Å². The molecule has 102 valence electrons. The van der Waals surface area contributed by atoms with Crippen molar-refractivity contribution in [2.75, 3.05) is 26.9 Å². The first-order valence-electron chi connectivity index (χ1n) is 5.76. The summed E-state index contributed by atoms with van der Waals surface area (Å²) in [4.78, 5) is 7.66. The molecule has 1 N–H and O–H groups in total. The number of hydrogen-bond acceptors (Lipinski definition) is 2. The van der Waals surface area contributed by atoms with E-state index in [9.17, 15) is 0 Å². The molecule has 0 unspecified atom stereocenters. The van der Waals surface area contributed by atoms with E-state index in [1.165, 1.54) is 10.5 Å². The van der Waals surface area contributed by atoms with Crippen molar-refractivity contribution >= 4 is 41.7 Å². The first-order chi connectivity index (χ1) is 8.21. The molecule has 0 saturated carbocycles. The lowest BCUT2D eigenvalue weighted by atomic mass is 10.2. The fourth-order valence-corrected chi connectivity index (χ4v) is 2.03. The molecule has 0 heterocycles. The summed E-state index contributed by atoms with van der Waals surface area (Å²) in [6.07, 6.45) is 2.09. The summed E-state index contributed by atoms with van der Waals surface area (Å²) in [5, 5.41) is 3.25. The third-order valence-corrected chi connectivity index (χ3v) is 3.23. The molecule has 0 radical (unpaired) electrons. The van der Waals surface area contributed by atoms with Gasteiger partial charge in [0.15, 0.2) is 5.96 Å². The average molecular weight is 379 g/mol. The zero-order chi connectivity index (χ0) is 12.7. The van der Waals surface area contributed by atoms with Crippen LogP contribution in [0, 0.1) is 0 Å². The zero-order valence-corrected chi connectivity index (χ0v) is 14.6. The fraction of sp³-hybridized carbons (Fsp3) is 0.462. The van der Waals surface area contributed by atoms with Crippen molar-refractivity contribution in [2.45, 2.75) is 18.4 Å². The third-order valence-electron chi connectivity index (χ3n) is 2.49. The molecule has 0 saturated heterocycles. The predicted molar refractivity (Wildman–Crippen MR) is 92.1 cm³/mol. The lowest BCUT2D eigenvalue weighted by molar-refractivity contribution is 0.479. The molecular weight excluding hydrogens is 357 g/mol. The Morgan fingerprint density at radius 2 is 1.94 bits per heavy atom. The number of rotatable bonds is 4. The van der Waals surface area contributed by atoms with Gasteiger partial charge in [0.2, 0.25) is 0 Å². The van der Waals surface area contributed by atoms with Crippen molar-refractivity contribution in [2.24, 2.45) is 4.99 Å². The normalized spacial score (nSPS) is 10.8. The molecule has 18 heavy (non-hydrogen) atoms. The second kappa shape index (κ2) is 9.49. The molecule has 0 atom stereocenters. The van der Waals surface area contributed by atoms with Crippen LogP contribution in [0.25, 0.3) is 0 Å². The van der Waals surface area contributed by atoms with Crippen LogP contribution in [0.2, 0.25) is 0 Å². The highest BCUT2D eigenvalue weighted by molar-refractivity contribution is 14.0. The van der Waals surface area contributed by atoms with Crippen LogP contribution in [0.5, 0.6) is 0 Å². The summed E-state index contributed by atoms with van der Waals surface area (Å²) in [7, 11) is 3.86. The van der Waals surface area contributed by atoms with Gasteiger partial charge in [-0.3, -0.25) is 4.99 Å². The number of aliphatic imine (C=N–C) groups is 1. The van der Waals surface area contributed by atoms with Gasteiger partial charge in [-0.25, -0.2) is 0 Å². The van der Waals surface area contributed by atoms with E-state index < -0.39 is 0 Å². The number of nitrogens with zero attached hydrogens (tertiary/aromatic N) is 2. The average Bonchev–Trinajstić information content (AvgIpc) is 2.36. The van der Waals surface area contributed by atoms with Gasteiger partial charge in [-0.15, -0.1) is 35.7 Å². The van der Waals surface area contributed by atoms with Crippen molar-refractivity contribution in [1.82, 2.24) is 10.2 Å². The summed E-state index contributed by atoms with van der Waals surface area (Å²) < 4.78 is 0. The lowest BCUT2D eigenvalue weighted by Gasteiger charge is -2.21. The van der Waals surface area contributed by atoms with Crippen LogP contribution in [0.15, 0.2) is 34.2 Å². The van der Waals surface area contributed by atoms with Gasteiger partial charge in [0, 0.05) is 32.1 Å². The van der Waals surface area contributed by atoms with Gasteiger partial charge in [0.25, 0.3) is 0 Å². The number of hydrogen-bond donors (Lipinski definition) is 1. The Morgan fingerprint density at radius 3 is 2.39 bits per heavy atom. The van der Waals surface area contributed by atoms with Gasteiger partial charge >= 0.3 is 0 Å². The SMILES string of the molecule is CCNC(=NC)N(C)Cc1ccc(SC)cc1.I. The van der Waals surface area contributed by atoms with Crippen molar-refractivity contribution < 1.29 is 0 Å². The van der Waals surface area contributed by atoms with Crippen LogP contribution >= 0.6 is 35.7 Å². The molecular formula is C13H22IN3S. The molecule has 0 aliphatic rings. The van der Waals surface area contributed by atoms with Crippen LogP contribution < -0.4 is 5.32 Å². The minimum Gasteiger partial charge on any atom is -0.357 e. The van der Waals surface area contributed by atoms with E-state index in [0.717, 1.165) is 19.0 Å². The monoisotopic (exact) mass is 379 g/mol. The van der Waals surface area contributed by atoms with E-state index in [1.54, 1.807) is 11.8 Å². The van der Waals surface area contributed by atoms with Gasteiger partial charge < -0.3 is 10.2 Å². The molecule has 0 aliphatic carbocycles. The summed E-state index contributed by atoms with van der Waals surface area (Å²) in [6.45, 7) is 3.84. The summed E-state index contributed by atoms with van der Waals surface area (Å²) >= 11 is 1.77. The molecule has 1 aromatic rings. The number of benzene rings is 1. The van der Waals surface area contributed by atoms with E-state index in [2.05, 4.69) is 52.7 Å². The molecule has 0 bridgehead atoms. The van der Waals surface area contributed by atoms with Crippen molar-refractivity contribution in [3.63, 3.8) is 0 Å². The number of nitrogens with one attached hydrogen (secondary N) is 1. The van der Waals surface area contributed by atoms with Gasteiger partial charge in [0.1, 0.15) is 0 Å². The Labute approximate surface area is 131 Å². The molecule has 0 amide bonds. The predicted octanol–water partition coefficient (Wildman–Crippen LogP) is 3.05. The van der Waals surface area contributed by atoms with E-state index >= 15 is 0 Å². The van der Waals surface area contributed by atoms with Gasteiger partial charge in [-0.2, -0.15) is 0 Å². The van der Waals surface area contributed by atoms with Crippen molar-refractivity contribution in [3.8, 4) is 0 Å². The number of guanidine groups is 1. The first kappa shape index (κ1) is 17.6. The maximum absolute atomic E-state index is 4.23. The van der Waals surface area contributed by atoms with E-state index in [-0.39, 0.29) is 24.0 Å². The van der Waals surface area contributed by atoms with Crippen molar-refractivity contribution in [1.29, 1.82) is 0 Å². The quantitative estimate of drug-likeness (QED) is 0.377. The third kappa shape index (κ3) is 5.48. The Balaban J connectivity index is 0.00000289. The van der Waals surface area contributed by atoms with Gasteiger partial charge in [0.05, 0.1) is 0 Å². The van der Waals surface area contributed by atoms with Crippen LogP contribution in [0.1, 0.15) is 12.5 Å². The topological polar surface area (TPSA) is 27.6 Å². The summed E-state index contributed by atoms with van der Waals surface area (Å²) in [6, 6.07) is 8.65. The molecule has 0 fully saturated rings. The summed E-state index contributed by atoms with van der Waals surface area (Å²) in [5.74, 6) is 0.932. The Morgan fingerprint density at radius 1 is 1.33 bits per heavy atom. The fourth-order valence-electron chi connectivity index (χ4n) is 1.62. The Kier molecular flexibility index (Phi) is 9.27. The first-order valence-corrected chi connectivity index (χ1v) is 6.98. The van der Waals surface area contributed by atoms with Crippen LogP contribution in [-0.4, -0.2) is 37.8 Å². The molecule has 3 nitrogen and oxygen atoms in total. The minimum absolute atomic E-state index is 0. The molecule has 1 aromatic carbocycles. The largest absolute Gasteiger partial charge is 0.357 e. The van der Waals surface area contributed by atoms with E-state index in [0.29, 0.717) is 0 Å².